The summed E-state index contributed by atoms with van der Waals surface area (Å²) in [5.41, 5.74) is 2.51. The van der Waals surface area contributed by atoms with Crippen LogP contribution in [0.3, 0.4) is 0 Å². The molecule has 0 fully saturated rings. The second-order valence-electron chi connectivity index (χ2n) is 5.15. The van der Waals surface area contributed by atoms with Gasteiger partial charge in [-0.05, 0) is 30.3 Å². The number of anilines is 2. The zero-order chi connectivity index (χ0) is 16.7. The molecule has 2 heterocycles. The van der Waals surface area contributed by atoms with Gasteiger partial charge in [-0.15, -0.1) is 0 Å². The zero-order valence-corrected chi connectivity index (χ0v) is 13.8. The number of aromatic nitrogens is 4. The van der Waals surface area contributed by atoms with E-state index in [1.807, 2.05) is 30.3 Å². The fourth-order valence-electron chi connectivity index (χ4n) is 2.56. The largest absolute Gasteiger partial charge is 0.493 e. The quantitative estimate of drug-likeness (QED) is 0.591. The minimum absolute atomic E-state index is 0.565. The van der Waals surface area contributed by atoms with E-state index < -0.39 is 0 Å². The van der Waals surface area contributed by atoms with Crippen molar-refractivity contribution in [1.82, 2.24) is 19.6 Å². The topological polar surface area (TPSA) is 76.5 Å². The summed E-state index contributed by atoms with van der Waals surface area (Å²) in [5.74, 6) is 2.44. The first-order valence-corrected chi connectivity index (χ1v) is 7.58. The summed E-state index contributed by atoms with van der Waals surface area (Å²) in [6.45, 7) is 0. The highest BCUT2D eigenvalue weighted by Gasteiger charge is 2.11. The third kappa shape index (κ3) is 2.39. The Bertz CT molecular complexity index is 1040. The Kier molecular flexibility index (Phi) is 3.42. The van der Waals surface area contributed by atoms with Gasteiger partial charge in [-0.2, -0.15) is 4.98 Å². The van der Waals surface area contributed by atoms with Gasteiger partial charge < -0.3 is 14.8 Å². The number of hydrogen-bond donors (Lipinski definition) is 2. The second-order valence-corrected chi connectivity index (χ2v) is 5.58. The average Bonchev–Trinajstić information content (AvgIpc) is 3.11. The van der Waals surface area contributed by atoms with Crippen molar-refractivity contribution in [1.29, 1.82) is 0 Å². The summed E-state index contributed by atoms with van der Waals surface area (Å²) in [4.78, 5) is 8.89. The van der Waals surface area contributed by atoms with E-state index in [-0.39, 0.29) is 0 Å². The molecule has 0 bridgehead atoms. The summed E-state index contributed by atoms with van der Waals surface area (Å²) >= 11 is 5.99. The summed E-state index contributed by atoms with van der Waals surface area (Å²) in [6, 6.07) is 11.1. The van der Waals surface area contributed by atoms with Crippen molar-refractivity contribution in [3.63, 3.8) is 0 Å². The van der Waals surface area contributed by atoms with Crippen LogP contribution >= 0.6 is 11.6 Å². The van der Waals surface area contributed by atoms with Gasteiger partial charge in [0.1, 0.15) is 0 Å². The van der Waals surface area contributed by atoms with E-state index in [1.54, 1.807) is 24.8 Å². The Hall–Kier alpha value is -2.93. The molecule has 0 aliphatic rings. The van der Waals surface area contributed by atoms with Gasteiger partial charge >= 0.3 is 0 Å². The van der Waals surface area contributed by atoms with Gasteiger partial charge in [0.2, 0.25) is 5.95 Å². The fraction of sp³-hybridized carbons (Fsp3) is 0.125. The van der Waals surface area contributed by atoms with Crippen molar-refractivity contribution in [3.8, 4) is 11.5 Å². The van der Waals surface area contributed by atoms with Crippen molar-refractivity contribution in [2.75, 3.05) is 19.5 Å². The molecule has 4 rings (SSSR count). The van der Waals surface area contributed by atoms with Gasteiger partial charge in [0.15, 0.2) is 11.5 Å². The molecule has 122 valence electrons. The predicted molar refractivity (Wildman–Crippen MR) is 92.7 cm³/mol. The SMILES string of the molecule is COc1ccc(Nc2nc3nc4cc(Cl)ccc4n3[nH]2)cc1OC. The van der Waals surface area contributed by atoms with Crippen LogP contribution in [0.5, 0.6) is 11.5 Å². The number of methoxy groups -OCH3 is 2. The van der Waals surface area contributed by atoms with E-state index in [9.17, 15) is 0 Å². The van der Waals surface area contributed by atoms with Crippen LogP contribution < -0.4 is 14.8 Å². The average molecular weight is 344 g/mol. The number of rotatable bonds is 4. The van der Waals surface area contributed by atoms with Gasteiger partial charge in [0.05, 0.1) is 25.3 Å². The molecule has 0 radical (unpaired) electrons. The second kappa shape index (κ2) is 5.61. The molecule has 24 heavy (non-hydrogen) atoms. The number of fused-ring (bicyclic) bond motifs is 3. The van der Waals surface area contributed by atoms with E-state index in [4.69, 9.17) is 21.1 Å². The van der Waals surface area contributed by atoms with Crippen LogP contribution in [0.2, 0.25) is 5.02 Å². The lowest BCUT2D eigenvalue weighted by atomic mass is 10.3. The third-order valence-electron chi connectivity index (χ3n) is 3.67. The Balaban J connectivity index is 1.70. The molecule has 0 atom stereocenters. The maximum absolute atomic E-state index is 5.99. The van der Waals surface area contributed by atoms with Crippen molar-refractivity contribution < 1.29 is 9.47 Å². The molecule has 0 amide bonds. The van der Waals surface area contributed by atoms with E-state index >= 15 is 0 Å². The lowest BCUT2D eigenvalue weighted by Crippen LogP contribution is -1.96. The molecule has 8 heteroatoms. The number of H-pyrrole nitrogens is 1. The first-order chi connectivity index (χ1) is 11.7. The first kappa shape index (κ1) is 14.6. The van der Waals surface area contributed by atoms with Crippen LogP contribution in [0.1, 0.15) is 0 Å². The summed E-state index contributed by atoms with van der Waals surface area (Å²) in [5, 5.41) is 7.01. The standard InChI is InChI=1S/C16H14ClN5O2/c1-23-13-6-4-10(8-14(13)24-2)18-15-20-16-19-11-7-9(17)3-5-12(11)22(16)21-15/h3-8H,1-2H3,(H2,18,19,20,21). The monoisotopic (exact) mass is 343 g/mol. The molecule has 0 unspecified atom stereocenters. The molecule has 0 aliphatic heterocycles. The lowest BCUT2D eigenvalue weighted by Gasteiger charge is -2.09. The number of nitrogens with one attached hydrogen (secondary N) is 2. The molecule has 0 aliphatic carbocycles. The van der Waals surface area contributed by atoms with Crippen molar-refractivity contribution in [3.05, 3.63) is 41.4 Å². The van der Waals surface area contributed by atoms with Gasteiger partial charge in [-0.1, -0.05) is 11.6 Å². The highest BCUT2D eigenvalue weighted by Crippen LogP contribution is 2.30. The first-order valence-electron chi connectivity index (χ1n) is 7.21. The molecular formula is C16H14ClN5O2. The number of nitrogens with zero attached hydrogens (tertiary/aromatic N) is 3. The predicted octanol–water partition coefficient (Wildman–Crippen LogP) is 3.62. The van der Waals surface area contributed by atoms with Crippen LogP contribution in [0.25, 0.3) is 16.8 Å². The normalized spacial score (nSPS) is 11.1. The van der Waals surface area contributed by atoms with Crippen molar-refractivity contribution in [2.45, 2.75) is 0 Å². The van der Waals surface area contributed by atoms with Gasteiger partial charge in [0.25, 0.3) is 5.78 Å². The Morgan fingerprint density at radius 1 is 1.04 bits per heavy atom. The number of aromatic amines is 1. The summed E-state index contributed by atoms with van der Waals surface area (Å²) in [7, 11) is 3.20. The van der Waals surface area contributed by atoms with Crippen molar-refractivity contribution >= 4 is 40.0 Å². The molecule has 0 saturated heterocycles. The number of halogens is 1. The van der Waals surface area contributed by atoms with Crippen molar-refractivity contribution in [2.24, 2.45) is 0 Å². The van der Waals surface area contributed by atoms with Crippen LogP contribution in [-0.2, 0) is 0 Å². The number of imidazole rings is 1. The van der Waals surface area contributed by atoms with E-state index in [2.05, 4.69) is 20.4 Å². The smallest absolute Gasteiger partial charge is 0.253 e. The Morgan fingerprint density at radius 3 is 2.67 bits per heavy atom. The maximum atomic E-state index is 5.99. The van der Waals surface area contributed by atoms with E-state index in [0.29, 0.717) is 28.2 Å². The van der Waals surface area contributed by atoms with Gasteiger partial charge in [-0.25, -0.2) is 9.50 Å². The summed E-state index contributed by atoms with van der Waals surface area (Å²) in [6.07, 6.45) is 0. The summed E-state index contributed by atoms with van der Waals surface area (Å²) < 4.78 is 12.3. The Labute approximate surface area is 142 Å². The molecule has 0 spiro atoms. The minimum atomic E-state index is 0.565. The van der Waals surface area contributed by atoms with Crippen LogP contribution in [0.15, 0.2) is 36.4 Å². The molecule has 7 nitrogen and oxygen atoms in total. The van der Waals surface area contributed by atoms with Crippen LogP contribution in [-0.4, -0.2) is 33.8 Å². The fourth-order valence-corrected chi connectivity index (χ4v) is 2.73. The highest BCUT2D eigenvalue weighted by atomic mass is 35.5. The number of benzene rings is 2. The van der Waals surface area contributed by atoms with Gasteiger partial charge in [0, 0.05) is 16.8 Å². The molecule has 0 saturated carbocycles. The zero-order valence-electron chi connectivity index (χ0n) is 13.0. The lowest BCUT2D eigenvalue weighted by molar-refractivity contribution is 0.355. The molecule has 2 N–H and O–H groups in total. The maximum Gasteiger partial charge on any atom is 0.253 e. The number of hydrogen-bond acceptors (Lipinski definition) is 5. The molecule has 2 aromatic heterocycles. The minimum Gasteiger partial charge on any atom is -0.493 e. The number of ether oxygens (including phenoxy) is 2. The third-order valence-corrected chi connectivity index (χ3v) is 3.91. The van der Waals surface area contributed by atoms with Crippen LogP contribution in [0.4, 0.5) is 11.6 Å². The highest BCUT2D eigenvalue weighted by molar-refractivity contribution is 6.31. The molecule has 2 aromatic carbocycles. The Morgan fingerprint density at radius 2 is 1.88 bits per heavy atom. The van der Waals surface area contributed by atoms with Gasteiger partial charge in [-0.3, -0.25) is 5.10 Å². The van der Waals surface area contributed by atoms with Crippen LogP contribution in [0, 0.1) is 0 Å². The molecular weight excluding hydrogens is 330 g/mol. The van der Waals surface area contributed by atoms with E-state index in [0.717, 1.165) is 16.7 Å². The molecule has 4 aromatic rings. The van der Waals surface area contributed by atoms with E-state index in [1.165, 1.54) is 0 Å².